The lowest BCUT2D eigenvalue weighted by Gasteiger charge is -2.17. The van der Waals surface area contributed by atoms with Crippen molar-refractivity contribution in [2.24, 2.45) is 0 Å². The van der Waals surface area contributed by atoms with Gasteiger partial charge in [0, 0.05) is 10.3 Å². The first kappa shape index (κ1) is 123. The summed E-state index contributed by atoms with van der Waals surface area (Å²) in [7, 11) is 0. The van der Waals surface area contributed by atoms with Crippen molar-refractivity contribution in [2.75, 3.05) is 0 Å². The van der Waals surface area contributed by atoms with Crippen LogP contribution in [0, 0.1) is 94.7 Å². The lowest BCUT2D eigenvalue weighted by Crippen LogP contribution is -2.09. The van der Waals surface area contributed by atoms with E-state index in [1.165, 1.54) is 110 Å². The van der Waals surface area contributed by atoms with Crippen molar-refractivity contribution in [3.05, 3.63) is 423 Å². The summed E-state index contributed by atoms with van der Waals surface area (Å²) in [5, 5.41) is 21.0. The van der Waals surface area contributed by atoms with E-state index in [0.717, 1.165) is 68.8 Å². The molecule has 1 heterocycles. The summed E-state index contributed by atoms with van der Waals surface area (Å²) in [5.41, 5.74) is 14.4. The molecule has 0 aliphatic rings. The molecule has 0 aliphatic heterocycles. The van der Waals surface area contributed by atoms with Gasteiger partial charge in [0.2, 0.25) is 0 Å². The fourth-order valence-electron chi connectivity index (χ4n) is 12.3. The minimum atomic E-state index is -4.62. The lowest BCUT2D eigenvalue weighted by atomic mass is 9.87. The van der Waals surface area contributed by atoms with Crippen LogP contribution in [0.5, 0.6) is 0 Å². The Morgan fingerprint density at radius 2 is 0.681 bits per heavy atom. The van der Waals surface area contributed by atoms with Crippen molar-refractivity contribution >= 4 is 33.0 Å². The summed E-state index contributed by atoms with van der Waals surface area (Å²) in [6.07, 6.45) is -7.35. The van der Waals surface area contributed by atoms with E-state index in [2.05, 4.69) is 151 Å². The van der Waals surface area contributed by atoms with Gasteiger partial charge in [0.1, 0.15) is 59.3 Å². The molecule has 0 N–H and O–H groups in total. The van der Waals surface area contributed by atoms with Crippen LogP contribution in [0.2, 0.25) is 5.02 Å². The highest BCUT2D eigenvalue weighted by atomic mass is 35.5. The third-order valence-corrected chi connectivity index (χ3v) is 22.9. The Balaban J connectivity index is 0.000000510. The van der Waals surface area contributed by atoms with Crippen molar-refractivity contribution in [1.82, 2.24) is 0 Å². The average molecular weight is 1950 g/mol. The zero-order chi connectivity index (χ0) is 105. The molecule has 1 aromatic heterocycles. The lowest BCUT2D eigenvalue weighted by molar-refractivity contribution is -0.140. The maximum Gasteiger partial charge on any atom is 0.419 e. The van der Waals surface area contributed by atoms with Crippen molar-refractivity contribution in [1.29, 1.82) is 10.5 Å². The van der Waals surface area contributed by atoms with Crippen molar-refractivity contribution < 1.29 is 70.2 Å². The van der Waals surface area contributed by atoms with E-state index in [-0.39, 0.29) is 62.6 Å². The van der Waals surface area contributed by atoms with Crippen LogP contribution in [0.4, 0.5) is 70.2 Å². The maximum atomic E-state index is 12.8. The molecule has 0 fully saturated rings. The Morgan fingerprint density at radius 3 is 1.09 bits per heavy atom. The molecule has 13 aromatic rings. The Kier molecular flexibility index (Phi) is 54.5. The third kappa shape index (κ3) is 44.7. The zero-order valence-corrected chi connectivity index (χ0v) is 86.2. The molecule has 13 rings (SSSR count). The molecule has 0 saturated carbocycles. The molecule has 0 saturated heterocycles. The van der Waals surface area contributed by atoms with Crippen molar-refractivity contribution in [2.45, 2.75) is 277 Å². The molecule has 0 unspecified atom stereocenters. The first-order valence-electron chi connectivity index (χ1n) is 46.1. The van der Waals surface area contributed by atoms with Gasteiger partial charge in [-0.3, -0.25) is 0 Å². The van der Waals surface area contributed by atoms with Crippen LogP contribution in [0.15, 0.2) is 254 Å². The van der Waals surface area contributed by atoms with Crippen LogP contribution >= 0.6 is 22.9 Å². The van der Waals surface area contributed by atoms with Gasteiger partial charge in [-0.15, -0.1) is 11.3 Å². The minimum Gasteiger partial charge on any atom is -0.246 e. The predicted octanol–water partition coefficient (Wildman–Crippen LogP) is 39.9. The number of rotatable bonds is 13. The summed E-state index contributed by atoms with van der Waals surface area (Å²) in [5.74, 6) is -1.32. The molecule has 12 aromatic carbocycles. The topological polar surface area (TPSA) is 47.6 Å². The van der Waals surface area contributed by atoms with Crippen molar-refractivity contribution in [3.8, 4) is 12.1 Å². The minimum absolute atomic E-state index is 0.0447. The Bertz CT molecular complexity index is 5700. The number of benzene rings is 12. The standard InChI is InChI=1S/C13H16S.C10H10F4.C10H11F3.C10H12F2.C10H10FN.C10H13F.C10H11N.C9H10ClF.C9H10F2.2C9H11F.C9H12/c1-9-6-5-7-10-11(13(2,3)4)8-14-12(9)10;1-6(2)7-3-4-9(11)8(5-7)10(12,13)14;1-6(2)7-3-4-9(11)8(5-7)10(12)13;1-7(2)8-3-4-10(12)9(5-8)6-11;1-7(2)8-3-4-10(11)9(5-8)6-12;1-7(2)9-4-5-10(11)8(3)6-9;1-8(2)10-5-3-9(7-11)4-6-10;1-6(2)7-3-4-9(11)8(10)5-7;1-6(2)7-3-4-8(10)9(11)5-7;1-7(2)8-3-5-9(10)6-4-8;1-7(2)8-4-3-5-9(10)6-8;1-8(2)9-6-4-3-5-7-9/h5-8H,1-4H3;3-6H,1-2H3;3-6,10H,1-2H3;3-5,7H,6H2,1-2H3;3-5,7H,1-2H3;4-7H,1-3H3;3-6,8H,1-2H3;2*3-6H,1-2H3;2*3-7H,1-2H3;3-8H,1-2H3. The summed E-state index contributed by atoms with van der Waals surface area (Å²) < 4.78 is 201. The number of hydrogen-bond donors (Lipinski definition) is 0. The second kappa shape index (κ2) is 61.2. The van der Waals surface area contributed by atoms with Gasteiger partial charge < -0.3 is 0 Å². The predicted molar refractivity (Wildman–Crippen MR) is 545 cm³/mol. The SMILES string of the molecule is CC(C)c1ccc(C#N)cc1.CC(C)c1ccc(F)c(C#N)c1.CC(C)c1ccc(F)c(C(F)(F)F)c1.CC(C)c1ccc(F)c(C(F)F)c1.CC(C)c1ccc(F)c(CF)c1.CC(C)c1ccc(F)c(Cl)c1.CC(C)c1ccc(F)c(F)c1.CC(C)c1ccc(F)cc1.CC(C)c1cccc(F)c1.CC(C)c1ccccc1.Cc1cc(C(C)C)ccc1F.Cc1cccc2c(C(C)(C)C)csc12. The van der Waals surface area contributed by atoms with Crippen LogP contribution in [-0.2, 0) is 18.3 Å². The van der Waals surface area contributed by atoms with Crippen LogP contribution < -0.4 is 0 Å². The molecular weight excluding hydrogens is 1820 g/mol. The van der Waals surface area contributed by atoms with Gasteiger partial charge in [0.15, 0.2) is 11.6 Å². The Hall–Kier alpha value is -11.3. The third-order valence-electron chi connectivity index (χ3n) is 21.4. The summed E-state index contributed by atoms with van der Waals surface area (Å²) >= 11 is 7.45. The fraction of sp³-hybridized carbons (Fsp3) is 0.356. The van der Waals surface area contributed by atoms with Gasteiger partial charge in [0.25, 0.3) is 6.43 Å². The highest BCUT2D eigenvalue weighted by Gasteiger charge is 2.34. The van der Waals surface area contributed by atoms with Crippen molar-refractivity contribution in [3.63, 3.8) is 0 Å². The molecule has 744 valence electrons. The van der Waals surface area contributed by atoms with E-state index in [1.807, 2.05) is 147 Å². The highest BCUT2D eigenvalue weighted by molar-refractivity contribution is 7.17. The van der Waals surface area contributed by atoms with Crippen LogP contribution in [0.25, 0.3) is 10.1 Å². The number of halogens is 17. The number of aryl methyl sites for hydroxylation is 2. The van der Waals surface area contributed by atoms with E-state index >= 15 is 0 Å². The molecule has 0 bridgehead atoms. The number of fused-ring (bicyclic) bond motifs is 1. The first-order valence-corrected chi connectivity index (χ1v) is 47.3. The van der Waals surface area contributed by atoms with E-state index < -0.39 is 65.3 Å². The fourth-order valence-corrected chi connectivity index (χ4v) is 13.8. The molecule has 20 heteroatoms. The van der Waals surface area contributed by atoms with Crippen LogP contribution in [-0.4, -0.2) is 0 Å². The molecule has 0 radical (unpaired) electrons. The highest BCUT2D eigenvalue weighted by Crippen LogP contribution is 2.38. The Morgan fingerprint density at radius 1 is 0.312 bits per heavy atom. The molecule has 0 amide bonds. The van der Waals surface area contributed by atoms with E-state index in [1.54, 1.807) is 75.4 Å². The largest absolute Gasteiger partial charge is 0.419 e. The maximum absolute atomic E-state index is 12.8. The van der Waals surface area contributed by atoms with Crippen LogP contribution in [0.1, 0.15) is 350 Å². The van der Waals surface area contributed by atoms with Gasteiger partial charge in [0.05, 0.1) is 33.3 Å². The van der Waals surface area contributed by atoms with E-state index in [0.29, 0.717) is 52.9 Å². The van der Waals surface area contributed by atoms with E-state index in [4.69, 9.17) is 22.1 Å². The number of nitriles is 2. The number of thiophene rings is 1. The van der Waals surface area contributed by atoms with Gasteiger partial charge in [-0.2, -0.15) is 23.7 Å². The van der Waals surface area contributed by atoms with E-state index in [9.17, 15) is 70.2 Å². The smallest absolute Gasteiger partial charge is 0.246 e. The van der Waals surface area contributed by atoms with Crippen LogP contribution in [0.3, 0.4) is 0 Å². The van der Waals surface area contributed by atoms with Gasteiger partial charge >= 0.3 is 6.18 Å². The first-order chi connectivity index (χ1) is 64.4. The molecule has 0 aliphatic carbocycles. The molecule has 2 nitrogen and oxygen atoms in total. The van der Waals surface area contributed by atoms with Gasteiger partial charge in [-0.1, -0.05) is 318 Å². The zero-order valence-electron chi connectivity index (χ0n) is 84.6. The molecule has 0 atom stereocenters. The quantitative estimate of drug-likeness (QED) is 0.108. The molecule has 0 spiro atoms. The van der Waals surface area contributed by atoms with Gasteiger partial charge in [-0.25, -0.2) is 57.1 Å². The number of alkyl halides is 6. The second-order valence-corrected chi connectivity index (χ2v) is 38.6. The number of nitrogens with zero attached hydrogens (tertiary/aromatic N) is 2. The Labute approximate surface area is 820 Å². The van der Waals surface area contributed by atoms with Gasteiger partial charge in [-0.05, 0) is 288 Å². The number of hydrogen-bond acceptors (Lipinski definition) is 3. The normalized spacial score (nSPS) is 10.8. The summed E-state index contributed by atoms with van der Waals surface area (Å²) in [6, 6.07) is 72.4. The second-order valence-electron chi connectivity index (χ2n) is 37.3. The summed E-state index contributed by atoms with van der Waals surface area (Å²) in [4.78, 5) is 0. The monoisotopic (exact) mass is 1950 g/mol. The average Bonchev–Trinajstić information content (AvgIpc) is 1.64. The molecular formula is C118H137ClF16N2S. The summed E-state index contributed by atoms with van der Waals surface area (Å²) in [6.45, 7) is 54.5. The molecule has 138 heavy (non-hydrogen) atoms.